The molecule has 13 heavy (non-hydrogen) atoms. The van der Waals surface area contributed by atoms with Crippen LogP contribution < -0.4 is 0 Å². The molecule has 1 heterocycles. The molecule has 4 heteroatoms. The van der Waals surface area contributed by atoms with Crippen LogP contribution in [0.25, 0.3) is 10.1 Å². The Balaban J connectivity index is 2.87. The Morgan fingerprint density at radius 2 is 2.23 bits per heavy atom. The minimum absolute atomic E-state index is 0.783. The predicted molar refractivity (Wildman–Crippen MR) is 66.7 cm³/mol. The fourth-order valence-corrected chi connectivity index (χ4v) is 3.73. The van der Waals surface area contributed by atoms with Crippen molar-refractivity contribution in [3.63, 3.8) is 0 Å². The van der Waals surface area contributed by atoms with Crippen LogP contribution in [0.5, 0.6) is 0 Å². The van der Waals surface area contributed by atoms with E-state index in [0.717, 1.165) is 20.6 Å². The van der Waals surface area contributed by atoms with E-state index in [2.05, 4.69) is 28.6 Å². The van der Waals surface area contributed by atoms with E-state index >= 15 is 0 Å². The van der Waals surface area contributed by atoms with Crippen LogP contribution in [0.15, 0.2) is 22.4 Å². The molecule has 0 N–H and O–H groups in total. The summed E-state index contributed by atoms with van der Waals surface area (Å²) in [6.45, 7) is 0. The van der Waals surface area contributed by atoms with Gasteiger partial charge in [-0.2, -0.15) is 0 Å². The Kier molecular flexibility index (Phi) is 2.88. The largest absolute Gasteiger partial charge is 0.142 e. The molecule has 68 valence electrons. The number of fused-ring (bicyclic) bond motifs is 1. The maximum atomic E-state index is 6.08. The first-order valence-electron chi connectivity index (χ1n) is 3.67. The third-order valence-electron chi connectivity index (χ3n) is 1.88. The normalized spacial score (nSPS) is 11.0. The fourth-order valence-electron chi connectivity index (χ4n) is 1.25. The highest BCUT2D eigenvalue weighted by molar-refractivity contribution is 9.08. The summed E-state index contributed by atoms with van der Waals surface area (Å²) in [5.74, 6) is 0. The molecular formula is C9H6BrClS2. The molecular weight excluding hydrogens is 288 g/mol. The topological polar surface area (TPSA) is 0 Å². The highest BCUT2D eigenvalue weighted by Gasteiger charge is 2.08. The van der Waals surface area contributed by atoms with Crippen molar-refractivity contribution < 1.29 is 0 Å². The van der Waals surface area contributed by atoms with E-state index < -0.39 is 0 Å². The molecule has 2 rings (SSSR count). The van der Waals surface area contributed by atoms with Gasteiger partial charge >= 0.3 is 0 Å². The number of hydrogen-bond acceptors (Lipinski definition) is 2. The second-order valence-corrected chi connectivity index (χ2v) is 4.99. The van der Waals surface area contributed by atoms with Gasteiger partial charge < -0.3 is 0 Å². The van der Waals surface area contributed by atoms with Crippen LogP contribution in [0.1, 0.15) is 5.56 Å². The van der Waals surface area contributed by atoms with Gasteiger partial charge in [-0.05, 0) is 11.6 Å². The number of rotatable bonds is 1. The number of hydrogen-bond donors (Lipinski definition) is 1. The zero-order valence-electron chi connectivity index (χ0n) is 6.55. The van der Waals surface area contributed by atoms with Gasteiger partial charge in [0.15, 0.2) is 0 Å². The smallest absolute Gasteiger partial charge is 0.0504 e. The summed E-state index contributed by atoms with van der Waals surface area (Å²) in [7, 11) is 0. The van der Waals surface area contributed by atoms with Crippen LogP contribution in [0.4, 0.5) is 0 Å². The van der Waals surface area contributed by atoms with Crippen LogP contribution in [-0.2, 0) is 5.33 Å². The molecule has 0 amide bonds. The quantitative estimate of drug-likeness (QED) is 0.570. The molecule has 0 spiro atoms. The monoisotopic (exact) mass is 292 g/mol. The number of thiol groups is 1. The first kappa shape index (κ1) is 9.84. The number of thiophene rings is 1. The Labute approximate surface area is 99.4 Å². The lowest BCUT2D eigenvalue weighted by atomic mass is 10.2. The standard InChI is InChI=1S/C9H6BrClS2/c10-3-5-1-2-6(11)8-7(12)4-13-9(5)8/h1-2,4,12H,3H2. The molecule has 0 aliphatic heterocycles. The molecule has 0 fully saturated rings. The van der Waals surface area contributed by atoms with Crippen molar-refractivity contribution in [2.75, 3.05) is 0 Å². The van der Waals surface area contributed by atoms with Crippen LogP contribution >= 0.6 is 51.5 Å². The van der Waals surface area contributed by atoms with E-state index in [1.54, 1.807) is 11.3 Å². The summed E-state index contributed by atoms with van der Waals surface area (Å²) in [6, 6.07) is 3.97. The second kappa shape index (κ2) is 3.81. The fraction of sp³-hybridized carbons (Fsp3) is 0.111. The van der Waals surface area contributed by atoms with Crippen molar-refractivity contribution in [3.8, 4) is 0 Å². The zero-order valence-corrected chi connectivity index (χ0v) is 10.6. The predicted octanol–water partition coefficient (Wildman–Crippen LogP) is 4.74. The maximum absolute atomic E-state index is 6.08. The van der Waals surface area contributed by atoms with Gasteiger partial charge in [-0.25, -0.2) is 0 Å². The second-order valence-electron chi connectivity index (χ2n) is 2.67. The van der Waals surface area contributed by atoms with Gasteiger partial charge in [0.2, 0.25) is 0 Å². The maximum Gasteiger partial charge on any atom is 0.0504 e. The van der Waals surface area contributed by atoms with Crippen LogP contribution in [-0.4, -0.2) is 0 Å². The van der Waals surface area contributed by atoms with E-state index in [-0.39, 0.29) is 0 Å². The Hall–Kier alpha value is 0.300. The molecule has 0 atom stereocenters. The number of benzene rings is 1. The van der Waals surface area contributed by atoms with Crippen molar-refractivity contribution in [2.24, 2.45) is 0 Å². The molecule has 1 aromatic carbocycles. The van der Waals surface area contributed by atoms with Crippen molar-refractivity contribution in [1.82, 2.24) is 0 Å². The summed E-state index contributed by atoms with van der Waals surface area (Å²) in [5, 5.41) is 4.73. The zero-order chi connectivity index (χ0) is 9.42. The highest BCUT2D eigenvalue weighted by atomic mass is 79.9. The third kappa shape index (κ3) is 1.63. The van der Waals surface area contributed by atoms with E-state index in [9.17, 15) is 0 Å². The van der Waals surface area contributed by atoms with Gasteiger partial charge in [0, 0.05) is 25.7 Å². The van der Waals surface area contributed by atoms with Gasteiger partial charge in [0.05, 0.1) is 5.02 Å². The Morgan fingerprint density at radius 1 is 1.46 bits per heavy atom. The Bertz CT molecular complexity index is 450. The van der Waals surface area contributed by atoms with Crippen molar-refractivity contribution in [3.05, 3.63) is 28.1 Å². The number of halogens is 2. The molecule has 2 aromatic rings. The van der Waals surface area contributed by atoms with Gasteiger partial charge in [-0.15, -0.1) is 24.0 Å². The van der Waals surface area contributed by atoms with E-state index in [1.807, 2.05) is 17.5 Å². The van der Waals surface area contributed by atoms with E-state index in [4.69, 9.17) is 11.6 Å². The van der Waals surface area contributed by atoms with E-state index in [0.29, 0.717) is 0 Å². The minimum atomic E-state index is 0.783. The van der Waals surface area contributed by atoms with Crippen LogP contribution in [0.3, 0.4) is 0 Å². The van der Waals surface area contributed by atoms with Crippen LogP contribution in [0, 0.1) is 0 Å². The summed E-state index contributed by atoms with van der Waals surface area (Å²) < 4.78 is 1.23. The van der Waals surface area contributed by atoms with Gasteiger partial charge in [-0.1, -0.05) is 33.6 Å². The van der Waals surface area contributed by atoms with Crippen LogP contribution in [0.2, 0.25) is 5.02 Å². The average molecular weight is 294 g/mol. The molecule has 0 nitrogen and oxygen atoms in total. The Morgan fingerprint density at radius 3 is 2.92 bits per heavy atom. The average Bonchev–Trinajstić information content (AvgIpc) is 2.50. The number of alkyl halides is 1. The SMILES string of the molecule is Sc1csc2c(CBr)ccc(Cl)c12. The molecule has 0 radical (unpaired) electrons. The van der Waals surface area contributed by atoms with Gasteiger partial charge in [-0.3, -0.25) is 0 Å². The summed E-state index contributed by atoms with van der Waals surface area (Å²) >= 11 is 15.6. The van der Waals surface area contributed by atoms with Gasteiger partial charge in [0.25, 0.3) is 0 Å². The molecule has 1 aromatic heterocycles. The van der Waals surface area contributed by atoms with E-state index in [1.165, 1.54) is 10.3 Å². The minimum Gasteiger partial charge on any atom is -0.142 e. The lowest BCUT2D eigenvalue weighted by molar-refractivity contribution is 1.50. The first-order chi connectivity index (χ1) is 6.24. The van der Waals surface area contributed by atoms with Crippen molar-refractivity contribution in [2.45, 2.75) is 10.2 Å². The van der Waals surface area contributed by atoms with Crippen molar-refractivity contribution in [1.29, 1.82) is 0 Å². The molecule has 0 saturated heterocycles. The van der Waals surface area contributed by atoms with Gasteiger partial charge in [0.1, 0.15) is 0 Å². The molecule has 0 unspecified atom stereocenters. The summed E-state index contributed by atoms with van der Waals surface area (Å²) in [6.07, 6.45) is 0. The third-order valence-corrected chi connectivity index (χ3v) is 4.38. The summed E-state index contributed by atoms with van der Waals surface area (Å²) in [5.41, 5.74) is 1.27. The van der Waals surface area contributed by atoms with Crippen molar-refractivity contribution >= 4 is 61.6 Å². The lowest BCUT2D eigenvalue weighted by Gasteiger charge is -2.00. The lowest BCUT2D eigenvalue weighted by Crippen LogP contribution is -1.77. The molecule has 0 saturated carbocycles. The molecule has 0 aliphatic rings. The highest BCUT2D eigenvalue weighted by Crippen LogP contribution is 2.37. The molecule has 0 aliphatic carbocycles. The summed E-state index contributed by atoms with van der Waals surface area (Å²) in [4.78, 5) is 0.966. The molecule has 0 bridgehead atoms. The first-order valence-corrected chi connectivity index (χ1v) is 6.50.